The molecule has 0 aliphatic carbocycles. The van der Waals surface area contributed by atoms with E-state index in [4.69, 9.17) is 34.8 Å². The normalized spacial score (nSPS) is 22.2. The van der Waals surface area contributed by atoms with E-state index in [1.54, 1.807) is 0 Å². The average molecular weight is 263 g/mol. The summed E-state index contributed by atoms with van der Waals surface area (Å²) in [5, 5.41) is 5.56. The van der Waals surface area contributed by atoms with E-state index in [9.17, 15) is 4.48 Å². The molecule has 1 heterocycles. The zero-order valence-electron chi connectivity index (χ0n) is 7.63. The van der Waals surface area contributed by atoms with Crippen molar-refractivity contribution in [2.45, 2.75) is 29.7 Å². The van der Waals surface area contributed by atoms with Gasteiger partial charge in [-0.1, -0.05) is 52.6 Å². The Kier molecular flexibility index (Phi) is 4.10. The van der Waals surface area contributed by atoms with Crippen LogP contribution in [0.3, 0.4) is 0 Å². The molecule has 0 aromatic rings. The Labute approximate surface area is 97.3 Å². The highest BCUT2D eigenvalue weighted by atomic mass is 35.6. The molecule has 3 nitrogen and oxygen atoms in total. The van der Waals surface area contributed by atoms with Crippen molar-refractivity contribution in [3.05, 3.63) is 0 Å². The molecule has 1 aliphatic rings. The first kappa shape index (κ1) is 12.1. The van der Waals surface area contributed by atoms with Crippen LogP contribution in [-0.2, 0) is 0 Å². The van der Waals surface area contributed by atoms with Crippen molar-refractivity contribution in [3.63, 3.8) is 0 Å². The number of rotatable bonds is 3. The maximum Gasteiger partial charge on any atom is 0.232 e. The van der Waals surface area contributed by atoms with E-state index < -0.39 is 9.96 Å². The predicted octanol–water partition coefficient (Wildman–Crippen LogP) is 2.93. The highest BCUT2D eigenvalue weighted by Gasteiger charge is 2.44. The van der Waals surface area contributed by atoms with Gasteiger partial charge in [0, 0.05) is 6.54 Å². The highest BCUT2D eigenvalue weighted by molar-refractivity contribution is 6.68. The van der Waals surface area contributed by atoms with Crippen LogP contribution in [0.4, 0.5) is 4.48 Å². The minimum Gasteiger partial charge on any atom is -0.266 e. The van der Waals surface area contributed by atoms with Gasteiger partial charge in [-0.15, -0.1) is 0 Å². The summed E-state index contributed by atoms with van der Waals surface area (Å²) in [7, 11) is 0. The van der Waals surface area contributed by atoms with Gasteiger partial charge >= 0.3 is 0 Å². The second kappa shape index (κ2) is 4.73. The monoisotopic (exact) mass is 261 g/mol. The van der Waals surface area contributed by atoms with E-state index in [-0.39, 0.29) is 0 Å². The number of alkyl halides is 3. The molecule has 0 N–H and O–H groups in total. The van der Waals surface area contributed by atoms with Crippen LogP contribution in [0, 0.1) is 0 Å². The predicted molar refractivity (Wildman–Crippen MR) is 57.1 cm³/mol. The van der Waals surface area contributed by atoms with E-state index in [1.165, 1.54) is 5.01 Å². The second-order valence-electron chi connectivity index (χ2n) is 3.01. The van der Waals surface area contributed by atoms with E-state index in [0.717, 1.165) is 19.2 Å². The van der Waals surface area contributed by atoms with Crippen LogP contribution < -0.4 is 0 Å². The van der Waals surface area contributed by atoms with Crippen molar-refractivity contribution in [1.29, 1.82) is 0 Å². The molecule has 14 heavy (non-hydrogen) atoms. The fourth-order valence-electron chi connectivity index (χ4n) is 1.18. The molecule has 1 unspecified atom stereocenters. The number of hydrazone groups is 1. The lowest BCUT2D eigenvalue weighted by molar-refractivity contribution is 0.00690. The average Bonchev–Trinajstić information content (AvgIpc) is 2.42. The number of hydrogen-bond donors (Lipinski definition) is 0. The van der Waals surface area contributed by atoms with Crippen LogP contribution in [0.25, 0.3) is 0 Å². The lowest BCUT2D eigenvalue weighted by atomic mass is 10.3. The summed E-state index contributed by atoms with van der Waals surface area (Å²) in [4.78, 5) is 0. The van der Waals surface area contributed by atoms with E-state index in [2.05, 4.69) is 5.10 Å². The maximum atomic E-state index is 13.2. The van der Waals surface area contributed by atoms with Crippen molar-refractivity contribution >= 4 is 41.1 Å². The Hall–Kier alpha value is 0.0700. The number of unbranched alkanes of at least 4 members (excludes halogenated alkanes) is 1. The second-order valence-corrected chi connectivity index (χ2v) is 5.38. The molecular weight excluding hydrogens is 251 g/mol. The smallest absolute Gasteiger partial charge is 0.232 e. The van der Waals surface area contributed by atoms with Gasteiger partial charge in [0.25, 0.3) is 0 Å². The summed E-state index contributed by atoms with van der Waals surface area (Å²) in [5.41, 5.74) is 0. The lowest BCUT2D eigenvalue weighted by Crippen LogP contribution is -2.45. The van der Waals surface area contributed by atoms with Crippen molar-refractivity contribution in [2.24, 2.45) is 5.10 Å². The minimum absolute atomic E-state index is 0.308. The van der Waals surface area contributed by atoms with Gasteiger partial charge in [0.1, 0.15) is 6.34 Å². The van der Waals surface area contributed by atoms with Crippen LogP contribution >= 0.6 is 34.8 Å². The summed E-state index contributed by atoms with van der Waals surface area (Å²) in [5.74, 6) is 0. The molecule has 0 aromatic carbocycles. The molecule has 1 atom stereocenters. The Bertz CT molecular complexity index is 219. The van der Waals surface area contributed by atoms with Gasteiger partial charge in [-0.05, 0) is 6.42 Å². The van der Waals surface area contributed by atoms with Gasteiger partial charge in [0.2, 0.25) is 3.79 Å². The zero-order valence-corrected chi connectivity index (χ0v) is 9.90. The number of halogens is 4. The minimum atomic E-state index is -1.71. The van der Waals surface area contributed by atoms with Crippen molar-refractivity contribution in [2.75, 3.05) is 6.54 Å². The van der Waals surface area contributed by atoms with Crippen LogP contribution in [-0.4, -0.2) is 33.0 Å². The van der Waals surface area contributed by atoms with Gasteiger partial charge in [-0.25, -0.2) is 0 Å². The van der Waals surface area contributed by atoms with Crippen molar-refractivity contribution in [1.82, 2.24) is 10.1 Å². The topological polar surface area (TPSA) is 18.8 Å². The first-order valence-electron chi connectivity index (χ1n) is 4.28. The summed E-state index contributed by atoms with van der Waals surface area (Å²) in [6.07, 6.45) is 1.91. The molecular formula is C7H11Cl3FN3. The van der Waals surface area contributed by atoms with Crippen molar-refractivity contribution in [3.8, 4) is 0 Å². The Morgan fingerprint density at radius 3 is 2.64 bits per heavy atom. The molecule has 0 amide bonds. The van der Waals surface area contributed by atoms with E-state index in [1.807, 2.05) is 6.92 Å². The molecule has 0 bridgehead atoms. The molecule has 0 fully saturated rings. The third-order valence-electron chi connectivity index (χ3n) is 1.86. The van der Waals surface area contributed by atoms with Gasteiger partial charge < -0.3 is 0 Å². The third kappa shape index (κ3) is 2.78. The molecule has 82 valence electrons. The molecule has 0 aromatic heterocycles. The third-order valence-corrected chi connectivity index (χ3v) is 2.45. The molecule has 0 saturated heterocycles. The van der Waals surface area contributed by atoms with Crippen LogP contribution in [0.5, 0.6) is 0 Å². The van der Waals surface area contributed by atoms with Gasteiger partial charge in [0.15, 0.2) is 6.17 Å². The molecule has 1 rings (SSSR count). The largest absolute Gasteiger partial charge is 0.266 e. The number of nitrogens with zero attached hydrogens (tertiary/aromatic N) is 3. The van der Waals surface area contributed by atoms with Crippen LogP contribution in [0.15, 0.2) is 5.10 Å². The summed E-state index contributed by atoms with van der Waals surface area (Å²) in [6.45, 7) is 2.60. The first-order chi connectivity index (χ1) is 6.46. The van der Waals surface area contributed by atoms with E-state index in [0.29, 0.717) is 11.7 Å². The standard InChI is InChI=1S/C7H11Cl3FN3/c1-2-3-4-14-6(7(8,9)10)13(11)5-12-14/h5-6H,2-4H2,1H3. The highest BCUT2D eigenvalue weighted by Crippen LogP contribution is 2.37. The number of hydrogen-bond acceptors (Lipinski definition) is 3. The Balaban J connectivity index is 2.62. The molecule has 0 radical (unpaired) electrons. The van der Waals surface area contributed by atoms with Crippen LogP contribution in [0.1, 0.15) is 19.8 Å². The summed E-state index contributed by atoms with van der Waals surface area (Å²) >= 11 is 16.9. The first-order valence-corrected chi connectivity index (χ1v) is 5.41. The SMILES string of the molecule is CCCCN1N=CN(F)C1C(Cl)(Cl)Cl. The van der Waals surface area contributed by atoms with Gasteiger partial charge in [-0.2, -0.15) is 10.2 Å². The lowest BCUT2D eigenvalue weighted by Gasteiger charge is -2.30. The van der Waals surface area contributed by atoms with Gasteiger partial charge in [-0.3, -0.25) is 5.01 Å². The zero-order chi connectivity index (χ0) is 10.8. The Morgan fingerprint density at radius 2 is 2.14 bits per heavy atom. The fraction of sp³-hybridized carbons (Fsp3) is 0.857. The summed E-state index contributed by atoms with van der Waals surface area (Å²) < 4.78 is 11.4. The van der Waals surface area contributed by atoms with Gasteiger partial charge in [0.05, 0.1) is 0 Å². The molecule has 0 saturated carbocycles. The van der Waals surface area contributed by atoms with Crippen molar-refractivity contribution < 1.29 is 4.48 Å². The maximum absolute atomic E-state index is 13.2. The molecule has 1 aliphatic heterocycles. The summed E-state index contributed by atoms with van der Waals surface area (Å²) in [6, 6.07) is 0. The van der Waals surface area contributed by atoms with Crippen LogP contribution in [0.2, 0.25) is 0 Å². The van der Waals surface area contributed by atoms with E-state index >= 15 is 0 Å². The quantitative estimate of drug-likeness (QED) is 0.575. The Morgan fingerprint density at radius 1 is 1.50 bits per heavy atom. The fourth-order valence-corrected chi connectivity index (χ4v) is 1.80. The molecule has 0 spiro atoms. The molecule has 7 heteroatoms.